The molecule has 0 radical (unpaired) electrons. The van der Waals surface area contributed by atoms with Crippen molar-refractivity contribution in [3.63, 3.8) is 0 Å². The molecule has 6 nitrogen and oxygen atoms in total. The third-order valence-corrected chi connectivity index (χ3v) is 5.04. The van der Waals surface area contributed by atoms with Gasteiger partial charge in [-0.15, -0.1) is 5.10 Å². The van der Waals surface area contributed by atoms with E-state index in [1.807, 2.05) is 18.2 Å². The number of nitrogens with zero attached hydrogens (tertiary/aromatic N) is 5. The molecule has 2 aromatic carbocycles. The van der Waals surface area contributed by atoms with Crippen LogP contribution in [0.3, 0.4) is 0 Å². The number of benzene rings is 2. The van der Waals surface area contributed by atoms with Crippen LogP contribution in [0.1, 0.15) is 25.3 Å². The summed E-state index contributed by atoms with van der Waals surface area (Å²) in [7, 11) is 0. The van der Waals surface area contributed by atoms with Gasteiger partial charge in [0.15, 0.2) is 5.82 Å². The molecule has 3 aromatic rings. The number of hydrogen-bond acceptors (Lipinski definition) is 6. The van der Waals surface area contributed by atoms with Crippen molar-refractivity contribution in [3.8, 4) is 0 Å². The Morgan fingerprint density at radius 3 is 2.46 bits per heavy atom. The highest BCUT2D eigenvalue weighted by Gasteiger charge is 2.13. The van der Waals surface area contributed by atoms with Gasteiger partial charge in [0, 0.05) is 37.6 Å². The molecule has 0 saturated carbocycles. The Labute approximate surface area is 166 Å². The van der Waals surface area contributed by atoms with Crippen molar-refractivity contribution in [2.45, 2.75) is 26.3 Å². The highest BCUT2D eigenvalue weighted by Crippen LogP contribution is 2.23. The number of hydrogen-bond donors (Lipinski definition) is 1. The van der Waals surface area contributed by atoms with Crippen LogP contribution in [0.2, 0.25) is 0 Å². The third-order valence-electron chi connectivity index (χ3n) is 5.04. The number of anilines is 4. The smallest absolute Gasteiger partial charge is 0.247 e. The van der Waals surface area contributed by atoms with Gasteiger partial charge in [0.25, 0.3) is 0 Å². The van der Waals surface area contributed by atoms with Crippen molar-refractivity contribution < 1.29 is 0 Å². The zero-order valence-electron chi connectivity index (χ0n) is 16.3. The van der Waals surface area contributed by atoms with E-state index in [1.165, 1.54) is 24.1 Å². The molecule has 1 aliphatic heterocycles. The molecule has 1 fully saturated rings. The molecule has 144 valence electrons. The molecular formula is C22H26N6. The Kier molecular flexibility index (Phi) is 5.66. The van der Waals surface area contributed by atoms with Gasteiger partial charge in [-0.25, -0.2) is 0 Å². The van der Waals surface area contributed by atoms with E-state index in [2.05, 4.69) is 73.6 Å². The van der Waals surface area contributed by atoms with Crippen LogP contribution >= 0.6 is 0 Å². The lowest BCUT2D eigenvalue weighted by Crippen LogP contribution is -2.24. The quantitative estimate of drug-likeness (QED) is 0.667. The molecule has 0 unspecified atom stereocenters. The molecule has 1 N–H and O–H groups in total. The molecule has 0 aliphatic carbocycles. The zero-order valence-corrected chi connectivity index (χ0v) is 16.3. The molecule has 0 atom stereocenters. The summed E-state index contributed by atoms with van der Waals surface area (Å²) < 4.78 is 0. The first-order valence-electron chi connectivity index (χ1n) is 9.92. The topological polar surface area (TPSA) is 57.2 Å². The van der Waals surface area contributed by atoms with E-state index in [4.69, 9.17) is 0 Å². The summed E-state index contributed by atoms with van der Waals surface area (Å²) in [5.74, 6) is 1.33. The van der Waals surface area contributed by atoms with Crippen molar-refractivity contribution >= 4 is 23.1 Å². The van der Waals surface area contributed by atoms with Crippen LogP contribution in [0.15, 0.2) is 60.8 Å². The Balaban J connectivity index is 1.45. The average molecular weight is 374 g/mol. The molecule has 0 bridgehead atoms. The van der Waals surface area contributed by atoms with Gasteiger partial charge in [-0.05, 0) is 49.6 Å². The van der Waals surface area contributed by atoms with Gasteiger partial charge in [0.2, 0.25) is 5.95 Å². The predicted octanol–water partition coefficient (Wildman–Crippen LogP) is 4.24. The minimum Gasteiger partial charge on any atom is -0.372 e. The minimum atomic E-state index is 0.630. The fraction of sp³-hybridized carbons (Fsp3) is 0.318. The fourth-order valence-corrected chi connectivity index (χ4v) is 3.49. The van der Waals surface area contributed by atoms with E-state index < -0.39 is 0 Å². The van der Waals surface area contributed by atoms with Crippen LogP contribution in [0.25, 0.3) is 0 Å². The van der Waals surface area contributed by atoms with E-state index in [1.54, 1.807) is 6.20 Å². The minimum absolute atomic E-state index is 0.630. The lowest BCUT2D eigenvalue weighted by Gasteiger charge is -2.21. The predicted molar refractivity (Wildman–Crippen MR) is 114 cm³/mol. The van der Waals surface area contributed by atoms with Gasteiger partial charge in [-0.2, -0.15) is 10.1 Å². The van der Waals surface area contributed by atoms with E-state index in [0.29, 0.717) is 11.8 Å². The third kappa shape index (κ3) is 4.39. The van der Waals surface area contributed by atoms with E-state index in [9.17, 15) is 0 Å². The summed E-state index contributed by atoms with van der Waals surface area (Å²) >= 11 is 0. The second-order valence-corrected chi connectivity index (χ2v) is 7.01. The molecule has 2 heterocycles. The van der Waals surface area contributed by atoms with Gasteiger partial charge in [0.1, 0.15) is 0 Å². The lowest BCUT2D eigenvalue weighted by atomic mass is 10.2. The summed E-state index contributed by atoms with van der Waals surface area (Å²) in [6, 6.07) is 18.9. The fourth-order valence-electron chi connectivity index (χ4n) is 3.49. The maximum absolute atomic E-state index is 4.67. The molecule has 0 amide bonds. The summed E-state index contributed by atoms with van der Waals surface area (Å²) in [5, 5.41) is 11.7. The van der Waals surface area contributed by atoms with Crippen molar-refractivity contribution in [1.29, 1.82) is 0 Å². The molecule has 1 saturated heterocycles. The second-order valence-electron chi connectivity index (χ2n) is 7.01. The van der Waals surface area contributed by atoms with Crippen molar-refractivity contribution in [3.05, 3.63) is 66.4 Å². The molecule has 4 rings (SSSR count). The molecule has 1 aliphatic rings. The summed E-state index contributed by atoms with van der Waals surface area (Å²) in [5.41, 5.74) is 3.51. The van der Waals surface area contributed by atoms with Crippen molar-refractivity contribution in [1.82, 2.24) is 15.2 Å². The van der Waals surface area contributed by atoms with E-state index in [-0.39, 0.29) is 0 Å². The number of aromatic nitrogens is 3. The van der Waals surface area contributed by atoms with Gasteiger partial charge < -0.3 is 15.1 Å². The van der Waals surface area contributed by atoms with E-state index in [0.717, 1.165) is 31.9 Å². The number of rotatable bonds is 7. The molecule has 0 spiro atoms. The molecule has 1 aromatic heterocycles. The van der Waals surface area contributed by atoms with Crippen LogP contribution < -0.4 is 15.1 Å². The monoisotopic (exact) mass is 374 g/mol. The normalized spacial score (nSPS) is 13.5. The highest BCUT2D eigenvalue weighted by molar-refractivity contribution is 5.61. The van der Waals surface area contributed by atoms with Crippen molar-refractivity contribution in [2.24, 2.45) is 0 Å². The average Bonchev–Trinajstić information content (AvgIpc) is 3.28. The van der Waals surface area contributed by atoms with E-state index >= 15 is 0 Å². The van der Waals surface area contributed by atoms with Gasteiger partial charge in [0.05, 0.1) is 6.20 Å². The summed E-state index contributed by atoms with van der Waals surface area (Å²) in [6.45, 7) is 5.97. The lowest BCUT2D eigenvalue weighted by molar-refractivity contribution is 0.771. The first-order chi connectivity index (χ1) is 13.8. The first kappa shape index (κ1) is 18.2. The summed E-state index contributed by atoms with van der Waals surface area (Å²) in [4.78, 5) is 9.21. The van der Waals surface area contributed by atoms with Gasteiger partial charge >= 0.3 is 0 Å². The Bertz CT molecular complexity index is 875. The maximum Gasteiger partial charge on any atom is 0.247 e. The van der Waals surface area contributed by atoms with Crippen LogP contribution in [0, 0.1) is 0 Å². The zero-order chi connectivity index (χ0) is 19.2. The van der Waals surface area contributed by atoms with Crippen LogP contribution in [0.5, 0.6) is 0 Å². The maximum atomic E-state index is 4.67. The molecular weight excluding hydrogens is 348 g/mol. The first-order valence-corrected chi connectivity index (χ1v) is 9.92. The van der Waals surface area contributed by atoms with Crippen LogP contribution in [-0.2, 0) is 6.54 Å². The number of nitrogens with one attached hydrogen (secondary N) is 1. The molecule has 6 heteroatoms. The Morgan fingerprint density at radius 1 is 1.00 bits per heavy atom. The standard InChI is InChI=1S/C22H26N6/c1-2-27(17-18-8-4-3-5-9-18)22-25-21(16-23-26-22)24-19-10-12-20(13-11-19)28-14-6-7-15-28/h3-5,8-13,16H,2,6-7,14-15,17H2,1H3,(H,24,25,26). The van der Waals surface area contributed by atoms with Crippen LogP contribution in [0.4, 0.5) is 23.1 Å². The Morgan fingerprint density at radius 2 is 1.75 bits per heavy atom. The van der Waals surface area contributed by atoms with Crippen LogP contribution in [-0.4, -0.2) is 34.8 Å². The SMILES string of the molecule is CCN(Cc1ccccc1)c1nncc(Nc2ccc(N3CCCC3)cc2)n1. The highest BCUT2D eigenvalue weighted by atomic mass is 15.3. The molecule has 28 heavy (non-hydrogen) atoms. The Hall–Kier alpha value is -3.15. The van der Waals surface area contributed by atoms with Gasteiger partial charge in [-0.3, -0.25) is 0 Å². The van der Waals surface area contributed by atoms with Crippen molar-refractivity contribution in [2.75, 3.05) is 34.8 Å². The van der Waals surface area contributed by atoms with Gasteiger partial charge in [-0.1, -0.05) is 30.3 Å². The largest absolute Gasteiger partial charge is 0.372 e. The summed E-state index contributed by atoms with van der Waals surface area (Å²) in [6.07, 6.45) is 4.23. The second kappa shape index (κ2) is 8.69.